The van der Waals surface area contributed by atoms with Crippen LogP contribution in [-0.4, -0.2) is 19.0 Å². The highest BCUT2D eigenvalue weighted by molar-refractivity contribution is 6.07. The van der Waals surface area contributed by atoms with E-state index in [0.717, 1.165) is 6.42 Å². The van der Waals surface area contributed by atoms with E-state index in [4.69, 9.17) is 9.47 Å². The summed E-state index contributed by atoms with van der Waals surface area (Å²) in [4.78, 5) is 16.3. The first kappa shape index (κ1) is 16.9. The Bertz CT molecular complexity index is 871. The Labute approximate surface area is 145 Å². The van der Waals surface area contributed by atoms with Crippen LogP contribution in [0.15, 0.2) is 53.2 Å². The molecule has 25 heavy (non-hydrogen) atoms. The smallest absolute Gasteiger partial charge is 0.363 e. The Morgan fingerprint density at radius 3 is 2.76 bits per heavy atom. The van der Waals surface area contributed by atoms with Crippen molar-refractivity contribution in [3.8, 4) is 5.75 Å². The van der Waals surface area contributed by atoms with Gasteiger partial charge in [-0.2, -0.15) is 0 Å². The maximum Gasteiger partial charge on any atom is 0.363 e. The van der Waals surface area contributed by atoms with Gasteiger partial charge in [-0.1, -0.05) is 24.3 Å². The maximum absolute atomic E-state index is 13.4. The molecule has 0 amide bonds. The third-order valence-electron chi connectivity index (χ3n) is 4.02. The topological polar surface area (TPSA) is 47.9 Å². The molecule has 1 aliphatic heterocycles. The van der Waals surface area contributed by atoms with Crippen LogP contribution < -0.4 is 4.74 Å². The fourth-order valence-electron chi connectivity index (χ4n) is 2.66. The highest BCUT2D eigenvalue weighted by atomic mass is 19.1. The molecule has 0 aromatic heterocycles. The number of esters is 1. The Hall–Kier alpha value is -2.95. The Morgan fingerprint density at radius 2 is 2.00 bits per heavy atom. The third kappa shape index (κ3) is 3.94. The van der Waals surface area contributed by atoms with E-state index in [9.17, 15) is 9.18 Å². The van der Waals surface area contributed by atoms with Gasteiger partial charge in [0.1, 0.15) is 11.6 Å². The van der Waals surface area contributed by atoms with Crippen molar-refractivity contribution in [2.45, 2.75) is 19.8 Å². The van der Waals surface area contributed by atoms with Crippen LogP contribution in [0.3, 0.4) is 0 Å². The summed E-state index contributed by atoms with van der Waals surface area (Å²) < 4.78 is 23.8. The van der Waals surface area contributed by atoms with Crippen LogP contribution in [0.2, 0.25) is 0 Å². The van der Waals surface area contributed by atoms with Crippen molar-refractivity contribution in [3.05, 3.63) is 70.7 Å². The summed E-state index contributed by atoms with van der Waals surface area (Å²) >= 11 is 0. The Morgan fingerprint density at radius 1 is 1.20 bits per heavy atom. The monoisotopic (exact) mass is 339 g/mol. The number of ether oxygens (including phenoxy) is 2. The number of methoxy groups -OCH3 is 1. The zero-order valence-corrected chi connectivity index (χ0v) is 14.1. The van der Waals surface area contributed by atoms with Crippen LogP contribution in [0.1, 0.15) is 23.1 Å². The molecule has 0 radical (unpaired) electrons. The van der Waals surface area contributed by atoms with Crippen molar-refractivity contribution in [1.29, 1.82) is 0 Å². The van der Waals surface area contributed by atoms with E-state index >= 15 is 0 Å². The van der Waals surface area contributed by atoms with Crippen molar-refractivity contribution in [1.82, 2.24) is 0 Å². The van der Waals surface area contributed by atoms with Gasteiger partial charge < -0.3 is 9.47 Å². The molecule has 0 saturated carbocycles. The molecule has 0 unspecified atom stereocenters. The van der Waals surface area contributed by atoms with Crippen molar-refractivity contribution in [2.24, 2.45) is 4.99 Å². The second-order valence-corrected chi connectivity index (χ2v) is 5.74. The summed E-state index contributed by atoms with van der Waals surface area (Å²) in [5, 5.41) is 0. The lowest BCUT2D eigenvalue weighted by Gasteiger charge is -2.04. The maximum atomic E-state index is 13.4. The van der Waals surface area contributed by atoms with E-state index in [1.165, 1.54) is 42.5 Å². The number of aliphatic imine (C=N–C) groups is 1. The number of rotatable bonds is 5. The lowest BCUT2D eigenvalue weighted by molar-refractivity contribution is -0.130. The molecule has 0 bridgehead atoms. The normalized spacial score (nSPS) is 15.2. The zero-order chi connectivity index (χ0) is 17.8. The fraction of sp³-hybridized carbons (Fsp3) is 0.200. The molecule has 0 N–H and O–H groups in total. The summed E-state index contributed by atoms with van der Waals surface area (Å²) in [6, 6.07) is 12.1. The molecule has 2 aromatic carbocycles. The number of carbonyl (C=O) groups excluding carboxylic acids is 1. The van der Waals surface area contributed by atoms with Crippen LogP contribution >= 0.6 is 0 Å². The van der Waals surface area contributed by atoms with Gasteiger partial charge in [0.15, 0.2) is 11.6 Å². The second kappa shape index (κ2) is 7.30. The molecule has 0 aliphatic carbocycles. The number of benzene rings is 2. The van der Waals surface area contributed by atoms with Gasteiger partial charge in [-0.3, -0.25) is 0 Å². The van der Waals surface area contributed by atoms with Crippen molar-refractivity contribution >= 4 is 17.9 Å². The first-order chi connectivity index (χ1) is 12.1. The predicted octanol–water partition coefficient (Wildman–Crippen LogP) is 4.07. The third-order valence-corrected chi connectivity index (χ3v) is 4.02. The number of cyclic esters (lactones) is 1. The largest absolute Gasteiger partial charge is 0.496 e. The van der Waals surface area contributed by atoms with Gasteiger partial charge in [-0.25, -0.2) is 14.2 Å². The minimum Gasteiger partial charge on any atom is -0.496 e. The second-order valence-electron chi connectivity index (χ2n) is 5.74. The van der Waals surface area contributed by atoms with E-state index in [2.05, 4.69) is 4.99 Å². The van der Waals surface area contributed by atoms with Crippen LogP contribution in [-0.2, 0) is 16.0 Å². The minimum atomic E-state index is -0.536. The molecule has 2 aromatic rings. The van der Waals surface area contributed by atoms with Gasteiger partial charge in [-0.05, 0) is 48.7 Å². The number of halogens is 1. The van der Waals surface area contributed by atoms with Gasteiger partial charge in [0.05, 0.1) is 7.11 Å². The van der Waals surface area contributed by atoms with Crippen LogP contribution in [0, 0.1) is 12.7 Å². The molecule has 0 saturated heterocycles. The summed E-state index contributed by atoms with van der Waals surface area (Å²) in [5.41, 5.74) is 2.96. The van der Waals surface area contributed by atoms with Crippen molar-refractivity contribution < 1.29 is 18.7 Å². The standard InChI is InChI=1S/C20H18FNO3/c1-13-5-3-4-6-14(13)7-10-19-22-17(20(23)25-19)12-15-11-16(21)8-9-18(15)24-2/h3-6,8-9,11-12H,7,10H2,1-2H3/b17-12+. The van der Waals surface area contributed by atoms with Crippen LogP contribution in [0.4, 0.5) is 4.39 Å². The SMILES string of the molecule is COc1ccc(F)cc1/C=C1/N=C(CCc2ccccc2C)OC1=O. The average Bonchev–Trinajstić information content (AvgIpc) is 2.94. The predicted molar refractivity (Wildman–Crippen MR) is 94.0 cm³/mol. The summed E-state index contributed by atoms with van der Waals surface area (Å²) in [5.74, 6) is -0.117. The fourth-order valence-corrected chi connectivity index (χ4v) is 2.66. The van der Waals surface area contributed by atoms with E-state index in [1.54, 1.807) is 0 Å². The van der Waals surface area contributed by atoms with E-state index in [1.807, 2.05) is 31.2 Å². The lowest BCUT2D eigenvalue weighted by atomic mass is 10.0. The highest BCUT2D eigenvalue weighted by Gasteiger charge is 2.23. The van der Waals surface area contributed by atoms with Gasteiger partial charge in [-0.15, -0.1) is 0 Å². The summed E-state index contributed by atoms with van der Waals surface area (Å²) in [7, 11) is 1.49. The lowest BCUT2D eigenvalue weighted by Crippen LogP contribution is -2.05. The average molecular weight is 339 g/mol. The van der Waals surface area contributed by atoms with E-state index < -0.39 is 11.8 Å². The molecular weight excluding hydrogens is 321 g/mol. The van der Waals surface area contributed by atoms with Gasteiger partial charge in [0.25, 0.3) is 0 Å². The molecule has 1 aliphatic rings. The van der Waals surface area contributed by atoms with E-state index in [0.29, 0.717) is 23.6 Å². The number of carbonyl (C=O) groups is 1. The van der Waals surface area contributed by atoms with Gasteiger partial charge in [0.2, 0.25) is 0 Å². The molecule has 5 heteroatoms. The molecule has 0 atom stereocenters. The number of hydrogen-bond donors (Lipinski definition) is 0. The molecule has 4 nitrogen and oxygen atoms in total. The first-order valence-corrected chi connectivity index (χ1v) is 7.96. The summed E-state index contributed by atoms with van der Waals surface area (Å²) in [6.07, 6.45) is 2.73. The molecule has 3 rings (SSSR count). The number of aryl methyl sites for hydroxylation is 2. The molecular formula is C20H18FNO3. The van der Waals surface area contributed by atoms with Crippen LogP contribution in [0.5, 0.6) is 5.75 Å². The summed E-state index contributed by atoms with van der Waals surface area (Å²) in [6.45, 7) is 2.04. The first-order valence-electron chi connectivity index (χ1n) is 7.96. The molecule has 0 spiro atoms. The van der Waals surface area contributed by atoms with Crippen molar-refractivity contribution in [3.63, 3.8) is 0 Å². The Kier molecular flexibility index (Phi) is 4.93. The molecule has 0 fully saturated rings. The number of hydrogen-bond acceptors (Lipinski definition) is 4. The quantitative estimate of drug-likeness (QED) is 0.609. The zero-order valence-electron chi connectivity index (χ0n) is 14.1. The minimum absolute atomic E-state index is 0.142. The number of nitrogens with zero attached hydrogens (tertiary/aromatic N) is 1. The van der Waals surface area contributed by atoms with Crippen LogP contribution in [0.25, 0.3) is 6.08 Å². The Balaban J connectivity index is 1.78. The van der Waals surface area contributed by atoms with Gasteiger partial charge >= 0.3 is 5.97 Å². The van der Waals surface area contributed by atoms with Gasteiger partial charge in [0, 0.05) is 12.0 Å². The van der Waals surface area contributed by atoms with E-state index in [-0.39, 0.29) is 5.70 Å². The molecule has 1 heterocycles. The van der Waals surface area contributed by atoms with Crippen molar-refractivity contribution in [2.75, 3.05) is 7.11 Å². The highest BCUT2D eigenvalue weighted by Crippen LogP contribution is 2.25. The molecule has 128 valence electrons.